The highest BCUT2D eigenvalue weighted by Crippen LogP contribution is 2.34. The van der Waals surface area contributed by atoms with Gasteiger partial charge in [0, 0.05) is 5.69 Å². The van der Waals surface area contributed by atoms with Crippen LogP contribution in [0.1, 0.15) is 11.1 Å². The Labute approximate surface area is 80.0 Å². The van der Waals surface area contributed by atoms with Crippen molar-refractivity contribution in [3.63, 3.8) is 0 Å². The van der Waals surface area contributed by atoms with Gasteiger partial charge in [0.05, 0.1) is 5.57 Å². The van der Waals surface area contributed by atoms with Crippen molar-refractivity contribution in [3.8, 4) is 0 Å². The maximum absolute atomic E-state index is 12.3. The van der Waals surface area contributed by atoms with Crippen LogP contribution in [0.25, 0.3) is 5.57 Å². The maximum atomic E-state index is 12.3. The molecule has 14 heavy (non-hydrogen) atoms. The second-order valence-electron chi connectivity index (χ2n) is 3.05. The number of halogens is 3. The van der Waals surface area contributed by atoms with Crippen molar-refractivity contribution in [2.45, 2.75) is 13.1 Å². The van der Waals surface area contributed by atoms with E-state index >= 15 is 0 Å². The van der Waals surface area contributed by atoms with Crippen LogP contribution in [0.4, 0.5) is 18.9 Å². The number of hydrogen-bond acceptors (Lipinski definition) is 1. The van der Waals surface area contributed by atoms with E-state index in [-0.39, 0.29) is 5.56 Å². The van der Waals surface area contributed by atoms with Gasteiger partial charge in [0.1, 0.15) is 0 Å². The van der Waals surface area contributed by atoms with Gasteiger partial charge < -0.3 is 5.73 Å². The lowest BCUT2D eigenvalue weighted by Gasteiger charge is -2.13. The van der Waals surface area contributed by atoms with Gasteiger partial charge >= 0.3 is 6.18 Å². The molecule has 76 valence electrons. The minimum atomic E-state index is -4.40. The topological polar surface area (TPSA) is 26.0 Å². The normalized spacial score (nSPS) is 11.4. The number of allylic oxidation sites excluding steroid dienone is 1. The minimum Gasteiger partial charge on any atom is -0.399 e. The molecular formula is C10H10F3N. The summed E-state index contributed by atoms with van der Waals surface area (Å²) in [6.45, 7) is 4.61. The molecule has 0 aliphatic rings. The molecule has 0 atom stereocenters. The van der Waals surface area contributed by atoms with E-state index in [1.165, 1.54) is 6.07 Å². The van der Waals surface area contributed by atoms with E-state index in [1.54, 1.807) is 19.1 Å². The Bertz CT molecular complexity index is 366. The van der Waals surface area contributed by atoms with E-state index in [4.69, 9.17) is 5.73 Å². The predicted octanol–water partition coefficient (Wildman–Crippen LogP) is 3.15. The van der Waals surface area contributed by atoms with Crippen molar-refractivity contribution in [3.05, 3.63) is 35.9 Å². The first-order valence-corrected chi connectivity index (χ1v) is 3.95. The fourth-order valence-electron chi connectivity index (χ4n) is 1.12. The lowest BCUT2D eigenvalue weighted by atomic mass is 10.0. The van der Waals surface area contributed by atoms with Crippen molar-refractivity contribution >= 4 is 11.3 Å². The van der Waals surface area contributed by atoms with E-state index in [0.29, 0.717) is 11.3 Å². The van der Waals surface area contributed by atoms with E-state index in [9.17, 15) is 13.2 Å². The fourth-order valence-corrected chi connectivity index (χ4v) is 1.12. The first kappa shape index (κ1) is 10.6. The first-order valence-electron chi connectivity index (χ1n) is 3.95. The number of alkyl halides is 3. The summed E-state index contributed by atoms with van der Waals surface area (Å²) in [7, 11) is 0. The van der Waals surface area contributed by atoms with E-state index < -0.39 is 11.7 Å². The molecule has 0 aromatic heterocycles. The van der Waals surface area contributed by atoms with Crippen molar-refractivity contribution < 1.29 is 13.2 Å². The van der Waals surface area contributed by atoms with Crippen LogP contribution in [0.15, 0.2) is 24.8 Å². The summed E-state index contributed by atoms with van der Waals surface area (Å²) < 4.78 is 36.9. The Morgan fingerprint density at radius 3 is 2.43 bits per heavy atom. The summed E-state index contributed by atoms with van der Waals surface area (Å²) in [5, 5.41) is 0. The van der Waals surface area contributed by atoms with E-state index in [2.05, 4.69) is 6.58 Å². The summed E-state index contributed by atoms with van der Waals surface area (Å²) in [5.41, 5.74) is 5.41. The van der Waals surface area contributed by atoms with Crippen LogP contribution in [-0.2, 0) is 0 Å². The Morgan fingerprint density at radius 2 is 1.93 bits per heavy atom. The second-order valence-corrected chi connectivity index (χ2v) is 3.05. The molecule has 0 spiro atoms. The van der Waals surface area contributed by atoms with Gasteiger partial charge in [0.2, 0.25) is 0 Å². The van der Waals surface area contributed by atoms with Gasteiger partial charge in [-0.15, -0.1) is 0 Å². The van der Waals surface area contributed by atoms with Crippen molar-refractivity contribution in [1.82, 2.24) is 0 Å². The van der Waals surface area contributed by atoms with Gasteiger partial charge in [-0.05, 0) is 30.2 Å². The molecule has 1 aromatic carbocycles. The highest BCUT2D eigenvalue weighted by molar-refractivity contribution is 5.72. The number of nitrogens with two attached hydrogens (primary N) is 1. The fraction of sp³-hybridized carbons (Fsp3) is 0.200. The van der Waals surface area contributed by atoms with E-state index in [1.807, 2.05) is 0 Å². The van der Waals surface area contributed by atoms with Crippen LogP contribution in [-0.4, -0.2) is 6.18 Å². The quantitative estimate of drug-likeness (QED) is 0.694. The molecule has 1 rings (SSSR count). The molecule has 0 heterocycles. The van der Waals surface area contributed by atoms with Gasteiger partial charge in [-0.25, -0.2) is 0 Å². The molecule has 4 heteroatoms. The molecule has 0 aliphatic heterocycles. The van der Waals surface area contributed by atoms with Gasteiger partial charge in [-0.2, -0.15) is 13.2 Å². The molecule has 1 nitrogen and oxygen atoms in total. The largest absolute Gasteiger partial charge is 0.416 e. The zero-order chi connectivity index (χ0) is 10.9. The molecular weight excluding hydrogens is 191 g/mol. The molecule has 0 radical (unpaired) electrons. The van der Waals surface area contributed by atoms with Crippen LogP contribution < -0.4 is 5.73 Å². The van der Waals surface area contributed by atoms with Crippen molar-refractivity contribution in [1.29, 1.82) is 0 Å². The Balaban J connectivity index is 3.19. The molecule has 1 aromatic rings. The zero-order valence-electron chi connectivity index (χ0n) is 7.65. The smallest absolute Gasteiger partial charge is 0.399 e. The lowest BCUT2D eigenvalue weighted by Crippen LogP contribution is -2.10. The SMILES string of the molecule is C=C(c1cc(N)ccc1C)C(F)(F)F. The van der Waals surface area contributed by atoms with Gasteiger partial charge in [-0.3, -0.25) is 0 Å². The lowest BCUT2D eigenvalue weighted by molar-refractivity contribution is -0.0686. The molecule has 0 saturated carbocycles. The summed E-state index contributed by atoms with van der Waals surface area (Å²) in [4.78, 5) is 0. The summed E-state index contributed by atoms with van der Waals surface area (Å²) in [6.07, 6.45) is -4.40. The molecule has 0 bridgehead atoms. The van der Waals surface area contributed by atoms with Gasteiger partial charge in [0.25, 0.3) is 0 Å². The maximum Gasteiger partial charge on any atom is 0.416 e. The molecule has 0 aliphatic carbocycles. The minimum absolute atomic E-state index is 0.0532. The van der Waals surface area contributed by atoms with Crippen molar-refractivity contribution in [2.75, 3.05) is 5.73 Å². The molecule has 2 N–H and O–H groups in total. The number of hydrogen-bond donors (Lipinski definition) is 1. The third-order valence-corrected chi connectivity index (χ3v) is 1.93. The second kappa shape index (κ2) is 3.36. The molecule has 0 fully saturated rings. The standard InChI is InChI=1S/C10H10F3N/c1-6-3-4-8(14)5-9(6)7(2)10(11,12)13/h3-5H,2,14H2,1H3. The average molecular weight is 201 g/mol. The molecule has 0 unspecified atom stereocenters. The molecule has 0 amide bonds. The highest BCUT2D eigenvalue weighted by Gasteiger charge is 2.33. The Hall–Kier alpha value is -1.45. The van der Waals surface area contributed by atoms with E-state index in [0.717, 1.165) is 0 Å². The monoisotopic (exact) mass is 201 g/mol. The third-order valence-electron chi connectivity index (χ3n) is 1.93. The average Bonchev–Trinajstić information content (AvgIpc) is 2.06. The summed E-state index contributed by atoms with van der Waals surface area (Å²) in [6, 6.07) is 4.38. The Morgan fingerprint density at radius 1 is 1.36 bits per heavy atom. The zero-order valence-corrected chi connectivity index (χ0v) is 7.65. The third kappa shape index (κ3) is 2.07. The Kier molecular flexibility index (Phi) is 2.55. The number of aryl methyl sites for hydroxylation is 1. The van der Waals surface area contributed by atoms with Crippen LogP contribution in [0, 0.1) is 6.92 Å². The number of nitrogen functional groups attached to an aromatic ring is 1. The number of benzene rings is 1. The van der Waals surface area contributed by atoms with Crippen molar-refractivity contribution in [2.24, 2.45) is 0 Å². The van der Waals surface area contributed by atoms with Crippen LogP contribution >= 0.6 is 0 Å². The molecule has 0 saturated heterocycles. The van der Waals surface area contributed by atoms with Crippen LogP contribution in [0.2, 0.25) is 0 Å². The van der Waals surface area contributed by atoms with Gasteiger partial charge in [-0.1, -0.05) is 12.6 Å². The van der Waals surface area contributed by atoms with Crippen LogP contribution in [0.3, 0.4) is 0 Å². The highest BCUT2D eigenvalue weighted by atomic mass is 19.4. The summed E-state index contributed by atoms with van der Waals surface area (Å²) >= 11 is 0. The van der Waals surface area contributed by atoms with Gasteiger partial charge in [0.15, 0.2) is 0 Å². The number of rotatable bonds is 1. The number of anilines is 1. The predicted molar refractivity (Wildman–Crippen MR) is 50.7 cm³/mol. The first-order chi connectivity index (χ1) is 6.32. The summed E-state index contributed by atoms with van der Waals surface area (Å²) in [5.74, 6) is 0. The van der Waals surface area contributed by atoms with Crippen LogP contribution in [0.5, 0.6) is 0 Å².